The van der Waals surface area contributed by atoms with Gasteiger partial charge >= 0.3 is 0 Å². The van der Waals surface area contributed by atoms with Gasteiger partial charge < -0.3 is 0 Å². The molecule has 0 bridgehead atoms. The maximum Gasteiger partial charge on any atom is -0.0323 e. The largest absolute Gasteiger partial charge is 0.0856 e. The second kappa shape index (κ2) is 9.83. The van der Waals surface area contributed by atoms with Gasteiger partial charge in [-0.15, -0.1) is 0 Å². The first kappa shape index (κ1) is 12.7. The van der Waals surface area contributed by atoms with E-state index in [1.165, 1.54) is 51.4 Å². The maximum atomic E-state index is 2.44. The Labute approximate surface area is 84.4 Å². The minimum Gasteiger partial charge on any atom is -0.0856 e. The summed E-state index contributed by atoms with van der Waals surface area (Å²) in [5.41, 5.74) is 1.60. The van der Waals surface area contributed by atoms with E-state index in [1.54, 1.807) is 5.57 Å². The van der Waals surface area contributed by atoms with Gasteiger partial charge in [0.15, 0.2) is 0 Å². The SMILES string of the molecule is CCCCC/C=C(/C)CCCCC. The molecule has 0 aromatic rings. The minimum absolute atomic E-state index is 1.30. The summed E-state index contributed by atoms with van der Waals surface area (Å²) in [6.45, 7) is 6.81. The molecule has 0 heteroatoms. The predicted molar refractivity (Wildman–Crippen MR) is 62.0 cm³/mol. The molecular weight excluding hydrogens is 156 g/mol. The Morgan fingerprint density at radius 3 is 2.15 bits per heavy atom. The normalized spacial score (nSPS) is 12.1. The lowest BCUT2D eigenvalue weighted by Gasteiger charge is -2.00. The molecule has 0 atom stereocenters. The number of hydrogen-bond acceptors (Lipinski definition) is 0. The van der Waals surface area contributed by atoms with Crippen molar-refractivity contribution < 1.29 is 0 Å². The van der Waals surface area contributed by atoms with E-state index in [2.05, 4.69) is 26.8 Å². The summed E-state index contributed by atoms with van der Waals surface area (Å²) in [7, 11) is 0. The van der Waals surface area contributed by atoms with Crippen LogP contribution in [0.3, 0.4) is 0 Å². The van der Waals surface area contributed by atoms with Crippen LogP contribution in [0, 0.1) is 0 Å². The zero-order valence-corrected chi connectivity index (χ0v) is 9.73. The Bertz CT molecular complexity index is 122. The summed E-state index contributed by atoms with van der Waals surface area (Å²) in [6.07, 6.45) is 13.3. The minimum atomic E-state index is 1.30. The van der Waals surface area contributed by atoms with Crippen molar-refractivity contribution in [1.29, 1.82) is 0 Å². The Kier molecular flexibility index (Phi) is 9.63. The first-order valence-electron chi connectivity index (χ1n) is 5.96. The molecule has 78 valence electrons. The maximum absolute atomic E-state index is 2.44. The second-order valence-corrected chi connectivity index (χ2v) is 4.00. The van der Waals surface area contributed by atoms with E-state index in [1.807, 2.05) is 0 Å². The summed E-state index contributed by atoms with van der Waals surface area (Å²) in [6, 6.07) is 0. The number of rotatable bonds is 8. The molecule has 0 spiro atoms. The van der Waals surface area contributed by atoms with Gasteiger partial charge in [-0.25, -0.2) is 0 Å². The lowest BCUT2D eigenvalue weighted by Crippen LogP contribution is -1.80. The van der Waals surface area contributed by atoms with Crippen LogP contribution < -0.4 is 0 Å². The van der Waals surface area contributed by atoms with Crippen LogP contribution in [0.5, 0.6) is 0 Å². The zero-order chi connectivity index (χ0) is 9.94. The van der Waals surface area contributed by atoms with Crippen LogP contribution in [0.15, 0.2) is 11.6 Å². The third kappa shape index (κ3) is 9.66. The summed E-state index contributed by atoms with van der Waals surface area (Å²) in [5.74, 6) is 0. The van der Waals surface area contributed by atoms with E-state index < -0.39 is 0 Å². The molecule has 0 nitrogen and oxygen atoms in total. The van der Waals surface area contributed by atoms with E-state index in [9.17, 15) is 0 Å². The molecule has 0 N–H and O–H groups in total. The fourth-order valence-corrected chi connectivity index (χ4v) is 1.50. The molecule has 0 saturated carbocycles. The molecule has 0 saturated heterocycles. The van der Waals surface area contributed by atoms with Gasteiger partial charge in [0.2, 0.25) is 0 Å². The van der Waals surface area contributed by atoms with Gasteiger partial charge in [-0.3, -0.25) is 0 Å². The van der Waals surface area contributed by atoms with E-state index in [4.69, 9.17) is 0 Å². The fraction of sp³-hybridized carbons (Fsp3) is 0.846. The van der Waals surface area contributed by atoms with E-state index >= 15 is 0 Å². The average molecular weight is 182 g/mol. The highest BCUT2D eigenvalue weighted by Gasteiger charge is 1.90. The Hall–Kier alpha value is -0.260. The van der Waals surface area contributed by atoms with Gasteiger partial charge in [-0.05, 0) is 32.6 Å². The topological polar surface area (TPSA) is 0 Å². The summed E-state index contributed by atoms with van der Waals surface area (Å²) >= 11 is 0. The van der Waals surface area contributed by atoms with Crippen molar-refractivity contribution in [2.24, 2.45) is 0 Å². The molecule has 0 fully saturated rings. The van der Waals surface area contributed by atoms with Crippen molar-refractivity contribution in [3.8, 4) is 0 Å². The Morgan fingerprint density at radius 1 is 0.923 bits per heavy atom. The Morgan fingerprint density at radius 2 is 1.54 bits per heavy atom. The Balaban J connectivity index is 3.29. The fourth-order valence-electron chi connectivity index (χ4n) is 1.50. The standard InChI is InChI=1S/C13H26/c1-4-6-8-10-12-13(3)11-9-7-5-2/h12H,4-11H2,1-3H3/b13-12-. The van der Waals surface area contributed by atoms with E-state index in [0.717, 1.165) is 0 Å². The molecule has 0 aliphatic rings. The molecule has 0 aromatic heterocycles. The van der Waals surface area contributed by atoms with Gasteiger partial charge in [0.25, 0.3) is 0 Å². The third-order valence-electron chi connectivity index (χ3n) is 2.48. The van der Waals surface area contributed by atoms with Crippen molar-refractivity contribution >= 4 is 0 Å². The van der Waals surface area contributed by atoms with Gasteiger partial charge in [0, 0.05) is 0 Å². The van der Waals surface area contributed by atoms with Crippen LogP contribution in [0.25, 0.3) is 0 Å². The molecule has 0 amide bonds. The van der Waals surface area contributed by atoms with Crippen molar-refractivity contribution in [2.45, 2.75) is 72.1 Å². The predicted octanol–water partition coefficient (Wildman–Crippen LogP) is 5.09. The van der Waals surface area contributed by atoms with Gasteiger partial charge in [0.1, 0.15) is 0 Å². The smallest absolute Gasteiger partial charge is 0.0323 e. The molecule has 0 aliphatic carbocycles. The van der Waals surface area contributed by atoms with Crippen molar-refractivity contribution in [3.05, 3.63) is 11.6 Å². The van der Waals surface area contributed by atoms with Gasteiger partial charge in [-0.1, -0.05) is 51.2 Å². The summed E-state index contributed by atoms with van der Waals surface area (Å²) in [4.78, 5) is 0. The molecule has 13 heavy (non-hydrogen) atoms. The van der Waals surface area contributed by atoms with Crippen molar-refractivity contribution in [3.63, 3.8) is 0 Å². The summed E-state index contributed by atoms with van der Waals surface area (Å²) in [5, 5.41) is 0. The van der Waals surface area contributed by atoms with Crippen LogP contribution in [-0.4, -0.2) is 0 Å². The van der Waals surface area contributed by atoms with E-state index in [-0.39, 0.29) is 0 Å². The molecule has 0 unspecified atom stereocenters. The highest BCUT2D eigenvalue weighted by atomic mass is 14.0. The molecule has 0 aromatic carbocycles. The first-order chi connectivity index (χ1) is 6.31. The van der Waals surface area contributed by atoms with Crippen molar-refractivity contribution in [1.82, 2.24) is 0 Å². The quantitative estimate of drug-likeness (QED) is 0.362. The number of allylic oxidation sites excluding steroid dienone is 2. The van der Waals surface area contributed by atoms with Crippen molar-refractivity contribution in [2.75, 3.05) is 0 Å². The van der Waals surface area contributed by atoms with Crippen LogP contribution in [-0.2, 0) is 0 Å². The highest BCUT2D eigenvalue weighted by Crippen LogP contribution is 2.10. The number of unbranched alkanes of at least 4 members (excludes halogenated alkanes) is 5. The van der Waals surface area contributed by atoms with Gasteiger partial charge in [0.05, 0.1) is 0 Å². The van der Waals surface area contributed by atoms with Crippen LogP contribution in [0.4, 0.5) is 0 Å². The molecule has 0 radical (unpaired) electrons. The number of hydrogen-bond donors (Lipinski definition) is 0. The summed E-state index contributed by atoms with van der Waals surface area (Å²) < 4.78 is 0. The molecule has 0 rings (SSSR count). The van der Waals surface area contributed by atoms with E-state index in [0.29, 0.717) is 0 Å². The highest BCUT2D eigenvalue weighted by molar-refractivity contribution is 4.97. The lowest BCUT2D eigenvalue weighted by molar-refractivity contribution is 0.700. The van der Waals surface area contributed by atoms with Crippen LogP contribution >= 0.6 is 0 Å². The van der Waals surface area contributed by atoms with Gasteiger partial charge in [-0.2, -0.15) is 0 Å². The lowest BCUT2D eigenvalue weighted by atomic mass is 10.1. The monoisotopic (exact) mass is 182 g/mol. The zero-order valence-electron chi connectivity index (χ0n) is 9.73. The molecule has 0 aliphatic heterocycles. The van der Waals surface area contributed by atoms with Crippen LogP contribution in [0.1, 0.15) is 72.1 Å². The first-order valence-corrected chi connectivity index (χ1v) is 5.96. The van der Waals surface area contributed by atoms with Crippen LogP contribution in [0.2, 0.25) is 0 Å². The third-order valence-corrected chi connectivity index (χ3v) is 2.48. The average Bonchev–Trinajstić information content (AvgIpc) is 2.13. The second-order valence-electron chi connectivity index (χ2n) is 4.00. The molecule has 0 heterocycles. The molecular formula is C13H26.